The average molecular weight is 268 g/mol. The third-order valence-electron chi connectivity index (χ3n) is 2.98. The van der Waals surface area contributed by atoms with Crippen LogP contribution in [0, 0.1) is 0 Å². The van der Waals surface area contributed by atoms with Gasteiger partial charge in [0.15, 0.2) is 11.5 Å². The summed E-state index contributed by atoms with van der Waals surface area (Å²) in [4.78, 5) is 0. The lowest BCUT2D eigenvalue weighted by Gasteiger charge is -2.17. The fraction of sp³-hybridized carbons (Fsp3) is 0.600. The normalized spacial score (nSPS) is 11.3. The van der Waals surface area contributed by atoms with Crippen molar-refractivity contribution in [3.05, 3.63) is 17.7 Å². The van der Waals surface area contributed by atoms with Crippen molar-refractivity contribution in [3.63, 3.8) is 0 Å². The van der Waals surface area contributed by atoms with Gasteiger partial charge in [0.05, 0.1) is 26.9 Å². The Bertz CT molecular complexity index is 382. The third-order valence-corrected chi connectivity index (χ3v) is 2.98. The van der Waals surface area contributed by atoms with Gasteiger partial charge in [0.1, 0.15) is 0 Å². The smallest absolute Gasteiger partial charge is 0.203 e. The Morgan fingerprint density at radius 1 is 1.00 bits per heavy atom. The molecule has 0 spiro atoms. The maximum Gasteiger partial charge on any atom is 0.203 e. The van der Waals surface area contributed by atoms with E-state index in [2.05, 4.69) is 0 Å². The van der Waals surface area contributed by atoms with Crippen molar-refractivity contribution in [1.82, 2.24) is 0 Å². The lowest BCUT2D eigenvalue weighted by molar-refractivity contribution is 0.0689. The molecule has 0 bridgehead atoms. The lowest BCUT2D eigenvalue weighted by atomic mass is 9.98. The van der Waals surface area contributed by atoms with Crippen LogP contribution in [-0.2, 0) is 6.42 Å². The number of hydrogen-bond donors (Lipinski definition) is 1. The highest BCUT2D eigenvalue weighted by atomic mass is 16.5. The van der Waals surface area contributed by atoms with Crippen LogP contribution in [0.4, 0.5) is 0 Å². The first kappa shape index (κ1) is 15.6. The molecule has 0 saturated heterocycles. The maximum absolute atomic E-state index is 9.71. The largest absolute Gasteiger partial charge is 0.493 e. The van der Waals surface area contributed by atoms with Gasteiger partial charge in [0, 0.05) is 0 Å². The molecule has 0 aliphatic heterocycles. The molecule has 0 aromatic heterocycles. The topological polar surface area (TPSA) is 47.9 Å². The highest BCUT2D eigenvalue weighted by Gasteiger charge is 2.15. The van der Waals surface area contributed by atoms with Crippen LogP contribution >= 0.6 is 0 Å². The molecule has 1 aromatic rings. The summed E-state index contributed by atoms with van der Waals surface area (Å²) in [5, 5.41) is 9.71. The van der Waals surface area contributed by atoms with Crippen LogP contribution in [0.25, 0.3) is 0 Å². The van der Waals surface area contributed by atoms with Gasteiger partial charge in [-0.2, -0.15) is 0 Å². The first-order valence-corrected chi connectivity index (χ1v) is 6.42. The maximum atomic E-state index is 9.71. The van der Waals surface area contributed by atoms with Gasteiger partial charge in [-0.25, -0.2) is 0 Å². The van der Waals surface area contributed by atoms with Crippen LogP contribution in [0.1, 0.15) is 32.3 Å². The fourth-order valence-corrected chi connectivity index (χ4v) is 2.00. The van der Waals surface area contributed by atoms with E-state index in [-0.39, 0.29) is 0 Å². The van der Waals surface area contributed by atoms with E-state index in [1.165, 1.54) is 0 Å². The van der Waals surface area contributed by atoms with E-state index >= 15 is 0 Å². The fourth-order valence-electron chi connectivity index (χ4n) is 2.00. The summed E-state index contributed by atoms with van der Waals surface area (Å²) in [6, 6.07) is 3.90. The molecule has 0 radical (unpaired) electrons. The molecule has 1 N–H and O–H groups in total. The average Bonchev–Trinajstić information content (AvgIpc) is 2.35. The first-order chi connectivity index (χ1) is 8.91. The van der Waals surface area contributed by atoms with Crippen molar-refractivity contribution in [2.75, 3.05) is 21.3 Å². The second-order valence-corrected chi connectivity index (χ2v) is 5.20. The van der Waals surface area contributed by atoms with Crippen molar-refractivity contribution < 1.29 is 19.3 Å². The lowest BCUT2D eigenvalue weighted by Crippen LogP contribution is -2.18. The van der Waals surface area contributed by atoms with Crippen LogP contribution in [0.5, 0.6) is 17.2 Å². The van der Waals surface area contributed by atoms with Crippen molar-refractivity contribution in [2.45, 2.75) is 38.7 Å². The SMILES string of the molecule is COc1cc(CCCC(C)(C)O)cc(OC)c1OC. The monoisotopic (exact) mass is 268 g/mol. The molecule has 4 heteroatoms. The number of aryl methyl sites for hydroxylation is 1. The van der Waals surface area contributed by atoms with Gasteiger partial charge in [-0.15, -0.1) is 0 Å². The molecular weight excluding hydrogens is 244 g/mol. The summed E-state index contributed by atoms with van der Waals surface area (Å²) in [6.07, 6.45) is 2.52. The number of rotatable bonds is 7. The van der Waals surface area contributed by atoms with Crippen molar-refractivity contribution in [1.29, 1.82) is 0 Å². The second-order valence-electron chi connectivity index (χ2n) is 5.20. The van der Waals surface area contributed by atoms with E-state index in [1.54, 1.807) is 21.3 Å². The Morgan fingerprint density at radius 3 is 1.89 bits per heavy atom. The van der Waals surface area contributed by atoms with E-state index in [4.69, 9.17) is 14.2 Å². The Kier molecular flexibility index (Phi) is 5.48. The number of aliphatic hydroxyl groups is 1. The molecule has 0 atom stereocenters. The van der Waals surface area contributed by atoms with E-state index in [0.717, 1.165) is 24.8 Å². The number of methoxy groups -OCH3 is 3. The third kappa shape index (κ3) is 4.63. The Balaban J connectivity index is 2.85. The van der Waals surface area contributed by atoms with Gasteiger partial charge >= 0.3 is 0 Å². The zero-order valence-electron chi connectivity index (χ0n) is 12.4. The summed E-state index contributed by atoms with van der Waals surface area (Å²) >= 11 is 0. The molecule has 19 heavy (non-hydrogen) atoms. The Morgan fingerprint density at radius 2 is 1.53 bits per heavy atom. The summed E-state index contributed by atoms with van der Waals surface area (Å²) < 4.78 is 15.9. The molecule has 1 aromatic carbocycles. The Hall–Kier alpha value is -1.42. The second kappa shape index (κ2) is 6.66. The van der Waals surface area contributed by atoms with E-state index in [9.17, 15) is 5.11 Å². The molecule has 0 unspecified atom stereocenters. The number of benzene rings is 1. The van der Waals surface area contributed by atoms with Crippen LogP contribution in [0.3, 0.4) is 0 Å². The van der Waals surface area contributed by atoms with Crippen LogP contribution in [0.15, 0.2) is 12.1 Å². The van der Waals surface area contributed by atoms with Gasteiger partial charge in [-0.3, -0.25) is 0 Å². The molecule has 0 heterocycles. The van der Waals surface area contributed by atoms with Crippen molar-refractivity contribution in [3.8, 4) is 17.2 Å². The van der Waals surface area contributed by atoms with Crippen LogP contribution in [-0.4, -0.2) is 32.0 Å². The summed E-state index contributed by atoms with van der Waals surface area (Å²) in [6.45, 7) is 3.64. The van der Waals surface area contributed by atoms with Crippen molar-refractivity contribution in [2.24, 2.45) is 0 Å². The van der Waals surface area contributed by atoms with Crippen LogP contribution < -0.4 is 14.2 Å². The molecule has 1 rings (SSSR count). The van der Waals surface area contributed by atoms with Gasteiger partial charge < -0.3 is 19.3 Å². The van der Waals surface area contributed by atoms with E-state index in [0.29, 0.717) is 17.2 Å². The molecule has 0 saturated carbocycles. The van der Waals surface area contributed by atoms with Crippen LogP contribution in [0.2, 0.25) is 0 Å². The molecule has 0 amide bonds. The predicted octanol–water partition coefficient (Wildman–Crippen LogP) is 2.81. The zero-order valence-corrected chi connectivity index (χ0v) is 12.4. The van der Waals surface area contributed by atoms with Gasteiger partial charge in [-0.1, -0.05) is 0 Å². The summed E-state index contributed by atoms with van der Waals surface area (Å²) in [5.74, 6) is 1.94. The molecule has 0 fully saturated rings. The van der Waals surface area contributed by atoms with Crippen molar-refractivity contribution >= 4 is 0 Å². The highest BCUT2D eigenvalue weighted by Crippen LogP contribution is 2.38. The minimum atomic E-state index is -0.624. The predicted molar refractivity (Wildman–Crippen MR) is 75.3 cm³/mol. The Labute approximate surface area is 115 Å². The molecule has 0 aliphatic rings. The molecular formula is C15H24O4. The summed E-state index contributed by atoms with van der Waals surface area (Å²) in [7, 11) is 4.81. The number of ether oxygens (including phenoxy) is 3. The highest BCUT2D eigenvalue weighted by molar-refractivity contribution is 5.53. The van der Waals surface area contributed by atoms with Gasteiger partial charge in [-0.05, 0) is 50.8 Å². The quantitative estimate of drug-likeness (QED) is 0.826. The first-order valence-electron chi connectivity index (χ1n) is 6.42. The van der Waals surface area contributed by atoms with E-state index < -0.39 is 5.60 Å². The molecule has 0 aliphatic carbocycles. The van der Waals surface area contributed by atoms with Gasteiger partial charge in [0.25, 0.3) is 0 Å². The number of hydrogen-bond acceptors (Lipinski definition) is 4. The molecule has 4 nitrogen and oxygen atoms in total. The zero-order chi connectivity index (χ0) is 14.5. The standard InChI is InChI=1S/C15H24O4/c1-15(2,16)8-6-7-11-9-12(17-3)14(19-5)13(10-11)18-4/h9-10,16H,6-8H2,1-5H3. The summed E-state index contributed by atoms with van der Waals surface area (Å²) in [5.41, 5.74) is 0.486. The van der Waals surface area contributed by atoms with E-state index in [1.807, 2.05) is 26.0 Å². The molecule has 108 valence electrons. The minimum absolute atomic E-state index is 0.608. The minimum Gasteiger partial charge on any atom is -0.493 e. The van der Waals surface area contributed by atoms with Gasteiger partial charge in [0.2, 0.25) is 5.75 Å².